The zero-order valence-electron chi connectivity index (χ0n) is 18.5. The Morgan fingerprint density at radius 3 is 2.44 bits per heavy atom. The number of benzene rings is 3. The predicted molar refractivity (Wildman–Crippen MR) is 122 cm³/mol. The van der Waals surface area contributed by atoms with Crippen LogP contribution in [0.15, 0.2) is 66.7 Å². The molecule has 1 heterocycles. The quantitative estimate of drug-likeness (QED) is 0.582. The van der Waals surface area contributed by atoms with Gasteiger partial charge in [0.1, 0.15) is 6.61 Å². The number of anilines is 1. The molecule has 8 heteroatoms. The van der Waals surface area contributed by atoms with E-state index in [9.17, 15) is 22.8 Å². The van der Waals surface area contributed by atoms with Crippen LogP contribution in [0.1, 0.15) is 27.0 Å². The second-order valence-corrected chi connectivity index (χ2v) is 7.97. The van der Waals surface area contributed by atoms with Crippen molar-refractivity contribution in [2.24, 2.45) is 0 Å². The summed E-state index contributed by atoms with van der Waals surface area (Å²) in [6.45, 7) is 1.21. The molecule has 0 fully saturated rings. The number of carbonyl (C=O) groups excluding carboxylic acids is 2. The third-order valence-corrected chi connectivity index (χ3v) is 5.74. The van der Waals surface area contributed by atoms with Crippen LogP contribution in [-0.4, -0.2) is 32.1 Å². The Kier molecular flexibility index (Phi) is 6.81. The second-order valence-electron chi connectivity index (χ2n) is 7.97. The Morgan fingerprint density at radius 2 is 1.74 bits per heavy atom. The zero-order valence-corrected chi connectivity index (χ0v) is 18.5. The second kappa shape index (κ2) is 9.79. The fourth-order valence-corrected chi connectivity index (χ4v) is 4.05. The van der Waals surface area contributed by atoms with Crippen molar-refractivity contribution < 1.29 is 27.5 Å². The lowest BCUT2D eigenvalue weighted by atomic mass is 9.97. The van der Waals surface area contributed by atoms with Crippen LogP contribution >= 0.6 is 0 Å². The van der Waals surface area contributed by atoms with Gasteiger partial charge >= 0.3 is 6.18 Å². The molecule has 0 unspecified atom stereocenters. The van der Waals surface area contributed by atoms with Crippen LogP contribution in [0.3, 0.4) is 0 Å². The van der Waals surface area contributed by atoms with E-state index in [4.69, 9.17) is 4.74 Å². The molecule has 34 heavy (non-hydrogen) atoms. The van der Waals surface area contributed by atoms with E-state index in [0.717, 1.165) is 41.1 Å². The van der Waals surface area contributed by atoms with Gasteiger partial charge in [-0.1, -0.05) is 36.4 Å². The van der Waals surface area contributed by atoms with E-state index in [-0.39, 0.29) is 12.2 Å². The Labute approximate surface area is 195 Å². The number of halogens is 3. The van der Waals surface area contributed by atoms with Gasteiger partial charge in [0.2, 0.25) is 0 Å². The first kappa shape index (κ1) is 23.7. The summed E-state index contributed by atoms with van der Waals surface area (Å²) in [7, 11) is 1.37. The summed E-state index contributed by atoms with van der Waals surface area (Å²) < 4.78 is 44.0. The van der Waals surface area contributed by atoms with Gasteiger partial charge in [0, 0.05) is 19.2 Å². The number of nitrogens with one attached hydrogen (secondary N) is 1. The van der Waals surface area contributed by atoms with E-state index in [2.05, 4.69) is 5.32 Å². The fourth-order valence-electron chi connectivity index (χ4n) is 4.05. The van der Waals surface area contributed by atoms with E-state index in [1.54, 1.807) is 30.3 Å². The van der Waals surface area contributed by atoms with Crippen molar-refractivity contribution >= 4 is 17.5 Å². The van der Waals surface area contributed by atoms with Crippen LogP contribution in [0.25, 0.3) is 11.1 Å². The van der Waals surface area contributed by atoms with Crippen molar-refractivity contribution in [2.75, 3.05) is 25.2 Å². The minimum atomic E-state index is -4.46. The summed E-state index contributed by atoms with van der Waals surface area (Å²) in [6.07, 6.45) is -3.69. The number of amides is 2. The number of carbonyl (C=O) groups is 2. The van der Waals surface area contributed by atoms with E-state index in [1.165, 1.54) is 19.2 Å². The van der Waals surface area contributed by atoms with E-state index in [0.29, 0.717) is 23.4 Å². The molecule has 5 nitrogen and oxygen atoms in total. The number of ether oxygens (including phenoxy) is 1. The zero-order chi connectivity index (χ0) is 24.3. The molecule has 0 aliphatic carbocycles. The summed E-state index contributed by atoms with van der Waals surface area (Å²) in [5, 5.41) is 3.28. The van der Waals surface area contributed by atoms with Gasteiger partial charge in [-0.3, -0.25) is 9.59 Å². The molecular weight excluding hydrogens is 445 g/mol. The van der Waals surface area contributed by atoms with Crippen molar-refractivity contribution in [3.8, 4) is 11.1 Å². The number of fused-ring (bicyclic) bond motifs is 1. The van der Waals surface area contributed by atoms with Crippen LogP contribution in [-0.2, 0) is 28.7 Å². The third kappa shape index (κ3) is 4.88. The van der Waals surface area contributed by atoms with Gasteiger partial charge in [0.25, 0.3) is 11.8 Å². The molecular formula is C26H23F3N2O3. The number of hydrogen-bond acceptors (Lipinski definition) is 4. The van der Waals surface area contributed by atoms with Crippen molar-refractivity contribution in [1.29, 1.82) is 0 Å². The van der Waals surface area contributed by atoms with Gasteiger partial charge in [0.05, 0.1) is 11.3 Å². The first-order valence-electron chi connectivity index (χ1n) is 10.7. The van der Waals surface area contributed by atoms with Gasteiger partial charge in [-0.05, 0) is 65.6 Å². The highest BCUT2D eigenvalue weighted by atomic mass is 19.4. The standard InChI is InChI=1S/C26H23F3N2O3/c1-34-16-24(32)31(21-11-8-19-15-30-13-12-18(19)14-21)25(33)23-5-3-2-4-22(23)17-6-9-20(10-7-17)26(27,28)29/h2-11,14,30H,12-13,15-16H2,1H3. The van der Waals surface area contributed by atoms with Crippen molar-refractivity contribution in [2.45, 2.75) is 19.1 Å². The number of imide groups is 1. The van der Waals surface area contributed by atoms with Crippen molar-refractivity contribution in [1.82, 2.24) is 5.32 Å². The minimum absolute atomic E-state index is 0.200. The summed E-state index contributed by atoms with van der Waals surface area (Å²) in [5.41, 5.74) is 2.87. The highest BCUT2D eigenvalue weighted by Gasteiger charge is 2.31. The summed E-state index contributed by atoms with van der Waals surface area (Å²) in [4.78, 5) is 27.8. The number of methoxy groups -OCH3 is 1. The van der Waals surface area contributed by atoms with Gasteiger partial charge in [-0.2, -0.15) is 13.2 Å². The lowest BCUT2D eigenvalue weighted by molar-refractivity contribution is -0.137. The average molecular weight is 468 g/mol. The number of alkyl halides is 3. The first-order valence-corrected chi connectivity index (χ1v) is 10.7. The Balaban J connectivity index is 1.75. The molecule has 0 aromatic heterocycles. The first-order chi connectivity index (χ1) is 16.3. The fraction of sp³-hybridized carbons (Fsp3) is 0.231. The topological polar surface area (TPSA) is 58.6 Å². The Bertz CT molecular complexity index is 1210. The third-order valence-electron chi connectivity index (χ3n) is 5.74. The number of nitrogens with zero attached hydrogens (tertiary/aromatic N) is 1. The molecule has 4 rings (SSSR count). The average Bonchev–Trinajstić information content (AvgIpc) is 2.84. The molecule has 3 aromatic carbocycles. The molecule has 0 saturated heterocycles. The van der Waals surface area contributed by atoms with E-state index >= 15 is 0 Å². The predicted octanol–water partition coefficient (Wildman–Crippen LogP) is 4.84. The van der Waals surface area contributed by atoms with Gasteiger partial charge < -0.3 is 10.1 Å². The largest absolute Gasteiger partial charge is 0.416 e. The molecule has 3 aromatic rings. The highest BCUT2D eigenvalue weighted by Crippen LogP contribution is 2.33. The smallest absolute Gasteiger partial charge is 0.375 e. The van der Waals surface area contributed by atoms with Crippen LogP contribution in [0.5, 0.6) is 0 Å². The molecule has 0 atom stereocenters. The SMILES string of the molecule is COCC(=O)N(C(=O)c1ccccc1-c1ccc(C(F)(F)F)cc1)c1ccc2c(c1)CCNC2. The van der Waals surface area contributed by atoms with Crippen molar-refractivity contribution in [3.63, 3.8) is 0 Å². The highest BCUT2D eigenvalue weighted by molar-refractivity contribution is 6.23. The Morgan fingerprint density at radius 1 is 1.00 bits per heavy atom. The monoisotopic (exact) mass is 468 g/mol. The minimum Gasteiger partial charge on any atom is -0.375 e. The molecule has 0 spiro atoms. The molecule has 0 radical (unpaired) electrons. The maximum atomic E-state index is 13.7. The molecule has 1 N–H and O–H groups in total. The van der Waals surface area contributed by atoms with Crippen LogP contribution in [0.2, 0.25) is 0 Å². The van der Waals surface area contributed by atoms with Crippen LogP contribution in [0, 0.1) is 0 Å². The lowest BCUT2D eigenvalue weighted by Crippen LogP contribution is -2.39. The summed E-state index contributed by atoms with van der Waals surface area (Å²) in [6, 6.07) is 16.6. The summed E-state index contributed by atoms with van der Waals surface area (Å²) >= 11 is 0. The van der Waals surface area contributed by atoms with Crippen LogP contribution < -0.4 is 10.2 Å². The van der Waals surface area contributed by atoms with Gasteiger partial charge in [0.15, 0.2) is 0 Å². The molecule has 1 aliphatic rings. The van der Waals surface area contributed by atoms with Gasteiger partial charge in [-0.15, -0.1) is 0 Å². The molecule has 2 amide bonds. The van der Waals surface area contributed by atoms with E-state index < -0.39 is 23.6 Å². The Hall–Kier alpha value is -3.49. The molecule has 0 bridgehead atoms. The number of hydrogen-bond donors (Lipinski definition) is 1. The van der Waals surface area contributed by atoms with Gasteiger partial charge in [-0.25, -0.2) is 4.90 Å². The molecule has 1 aliphatic heterocycles. The number of rotatable bonds is 5. The maximum Gasteiger partial charge on any atom is 0.416 e. The normalized spacial score (nSPS) is 13.3. The summed E-state index contributed by atoms with van der Waals surface area (Å²) in [5.74, 6) is -1.12. The van der Waals surface area contributed by atoms with E-state index in [1.807, 2.05) is 12.1 Å². The van der Waals surface area contributed by atoms with Crippen LogP contribution in [0.4, 0.5) is 18.9 Å². The lowest BCUT2D eigenvalue weighted by Gasteiger charge is -2.25. The molecule has 0 saturated carbocycles. The maximum absolute atomic E-state index is 13.7. The van der Waals surface area contributed by atoms with Crippen molar-refractivity contribution in [3.05, 3.63) is 89.0 Å². The molecule has 176 valence electrons.